The van der Waals surface area contributed by atoms with E-state index in [1.54, 1.807) is 5.06 Å². The largest absolute Gasteiger partial charge is 0.393 e. The van der Waals surface area contributed by atoms with Gasteiger partial charge in [-0.05, 0) is 26.7 Å². The maximum Gasteiger partial charge on any atom is 0.148 e. The molecule has 0 bridgehead atoms. The summed E-state index contributed by atoms with van der Waals surface area (Å²) in [5.41, 5.74) is 0.125. The first-order valence-electron chi connectivity index (χ1n) is 5.37. The van der Waals surface area contributed by atoms with Crippen LogP contribution in [0, 0.1) is 0 Å². The Balaban J connectivity index is 2.65. The molecule has 0 amide bonds. The highest BCUT2D eigenvalue weighted by Gasteiger charge is 2.28. The fraction of sp³-hybridized carbons (Fsp3) is 0.818. The summed E-state index contributed by atoms with van der Waals surface area (Å²) in [6, 6.07) is 0. The average molecular weight is 213 g/mol. The number of carbonyl (C=O) groups excluding carboxylic acids is 1. The van der Waals surface area contributed by atoms with Gasteiger partial charge < -0.3 is 5.11 Å². The summed E-state index contributed by atoms with van der Waals surface area (Å²) in [5.74, 6) is 1.84. The van der Waals surface area contributed by atoms with Gasteiger partial charge in [-0.3, -0.25) is 4.84 Å². The van der Waals surface area contributed by atoms with Crippen LogP contribution in [0.25, 0.3) is 0 Å². The highest BCUT2D eigenvalue weighted by molar-refractivity contribution is 5.51. The molecule has 0 radical (unpaired) electrons. The minimum Gasteiger partial charge on any atom is -0.393 e. The molecule has 0 aromatic rings. The summed E-state index contributed by atoms with van der Waals surface area (Å²) in [4.78, 5) is 16.4. The predicted octanol–water partition coefficient (Wildman–Crippen LogP) is 1.28. The minimum absolute atomic E-state index is 0.287. The van der Waals surface area contributed by atoms with Crippen molar-refractivity contribution >= 4 is 5.94 Å². The molecule has 15 heavy (non-hydrogen) atoms. The maximum atomic E-state index is 10.7. The van der Waals surface area contributed by atoms with E-state index in [2.05, 4.69) is 0 Å². The van der Waals surface area contributed by atoms with E-state index in [0.29, 0.717) is 25.1 Å². The summed E-state index contributed by atoms with van der Waals surface area (Å²) in [6.45, 7) is 6.53. The Morgan fingerprint density at radius 3 is 2.87 bits per heavy atom. The van der Waals surface area contributed by atoms with Crippen LogP contribution in [0.3, 0.4) is 0 Å². The SMILES string of the molecule is CCC(C)(C)ON1CCC(O)CC1=C=O. The van der Waals surface area contributed by atoms with Crippen LogP contribution in [0.1, 0.15) is 40.0 Å². The number of piperidine rings is 1. The molecule has 1 saturated heterocycles. The quantitative estimate of drug-likeness (QED) is 0.717. The third-order valence-corrected chi connectivity index (χ3v) is 2.72. The minimum atomic E-state index is -0.439. The topological polar surface area (TPSA) is 49.8 Å². The Bertz CT molecular complexity index is 269. The smallest absolute Gasteiger partial charge is 0.148 e. The average Bonchev–Trinajstić information content (AvgIpc) is 2.20. The molecule has 1 rings (SSSR count). The van der Waals surface area contributed by atoms with Gasteiger partial charge in [0.05, 0.1) is 11.7 Å². The van der Waals surface area contributed by atoms with Gasteiger partial charge in [0.1, 0.15) is 11.6 Å². The summed E-state index contributed by atoms with van der Waals surface area (Å²) in [7, 11) is 0. The van der Waals surface area contributed by atoms with Crippen molar-refractivity contribution in [3.8, 4) is 0 Å². The summed E-state index contributed by atoms with van der Waals surface area (Å²) in [6.07, 6.45) is 1.39. The summed E-state index contributed by atoms with van der Waals surface area (Å²) < 4.78 is 0. The number of hydroxylamine groups is 2. The zero-order chi connectivity index (χ0) is 11.5. The molecule has 4 nitrogen and oxygen atoms in total. The predicted molar refractivity (Wildman–Crippen MR) is 56.6 cm³/mol. The van der Waals surface area contributed by atoms with Crippen molar-refractivity contribution in [1.29, 1.82) is 0 Å². The first kappa shape index (κ1) is 12.2. The Hall–Kier alpha value is -0.830. The molecule has 1 aliphatic heterocycles. The van der Waals surface area contributed by atoms with E-state index < -0.39 is 6.10 Å². The first-order valence-corrected chi connectivity index (χ1v) is 5.37. The molecular formula is C11H19NO3. The Morgan fingerprint density at radius 1 is 1.67 bits per heavy atom. The number of nitrogens with zero attached hydrogens (tertiary/aromatic N) is 1. The van der Waals surface area contributed by atoms with Gasteiger partial charge >= 0.3 is 0 Å². The summed E-state index contributed by atoms with van der Waals surface area (Å²) >= 11 is 0. The molecule has 86 valence electrons. The van der Waals surface area contributed by atoms with Crippen LogP contribution in [0.15, 0.2) is 5.70 Å². The molecular weight excluding hydrogens is 194 g/mol. The third kappa shape index (κ3) is 3.34. The van der Waals surface area contributed by atoms with E-state index in [4.69, 9.17) is 4.84 Å². The second kappa shape index (κ2) is 4.79. The number of aliphatic hydroxyl groups is 1. The molecule has 1 aliphatic rings. The van der Waals surface area contributed by atoms with E-state index in [0.717, 1.165) is 6.42 Å². The van der Waals surface area contributed by atoms with E-state index >= 15 is 0 Å². The first-order chi connectivity index (χ1) is 6.98. The van der Waals surface area contributed by atoms with Gasteiger partial charge in [0.15, 0.2) is 0 Å². The number of rotatable bonds is 3. The molecule has 0 aromatic carbocycles. The van der Waals surface area contributed by atoms with Crippen LogP contribution in [0.4, 0.5) is 0 Å². The number of hydrogen-bond donors (Lipinski definition) is 1. The number of aliphatic hydroxyl groups excluding tert-OH is 1. The van der Waals surface area contributed by atoms with Gasteiger partial charge in [-0.15, -0.1) is 0 Å². The van der Waals surface area contributed by atoms with E-state index in [1.807, 2.05) is 26.7 Å². The van der Waals surface area contributed by atoms with Crippen LogP contribution < -0.4 is 0 Å². The molecule has 0 aliphatic carbocycles. The van der Waals surface area contributed by atoms with E-state index in [-0.39, 0.29) is 5.60 Å². The molecule has 0 saturated carbocycles. The lowest BCUT2D eigenvalue weighted by molar-refractivity contribution is -0.225. The highest BCUT2D eigenvalue weighted by atomic mass is 16.7. The van der Waals surface area contributed by atoms with Gasteiger partial charge in [0, 0.05) is 13.0 Å². The molecule has 0 aromatic heterocycles. The van der Waals surface area contributed by atoms with Crippen LogP contribution in [0.5, 0.6) is 0 Å². The Morgan fingerprint density at radius 2 is 2.33 bits per heavy atom. The summed E-state index contributed by atoms with van der Waals surface area (Å²) in [5, 5.41) is 11.0. The molecule has 1 fully saturated rings. The maximum absolute atomic E-state index is 10.7. The van der Waals surface area contributed by atoms with Gasteiger partial charge in [0.2, 0.25) is 0 Å². The monoisotopic (exact) mass is 213 g/mol. The molecule has 1 heterocycles. The molecule has 1 N–H and O–H groups in total. The Labute approximate surface area is 90.5 Å². The number of hydrogen-bond acceptors (Lipinski definition) is 4. The van der Waals surface area contributed by atoms with Crippen molar-refractivity contribution in [2.45, 2.75) is 51.7 Å². The van der Waals surface area contributed by atoms with E-state index in [1.165, 1.54) is 0 Å². The van der Waals surface area contributed by atoms with Crippen molar-refractivity contribution in [2.24, 2.45) is 0 Å². The molecule has 1 unspecified atom stereocenters. The van der Waals surface area contributed by atoms with Crippen LogP contribution in [-0.2, 0) is 9.63 Å². The molecule has 0 spiro atoms. The van der Waals surface area contributed by atoms with Gasteiger partial charge in [-0.2, -0.15) is 0 Å². The van der Waals surface area contributed by atoms with Crippen molar-refractivity contribution in [3.05, 3.63) is 5.70 Å². The molecule has 4 heteroatoms. The molecule has 1 atom stereocenters. The standard InChI is InChI=1S/C11H19NO3/c1-4-11(2,3)15-12-6-5-10(14)7-9(12)8-13/h10,14H,4-7H2,1-3H3. The van der Waals surface area contributed by atoms with Crippen molar-refractivity contribution in [1.82, 2.24) is 5.06 Å². The fourth-order valence-corrected chi connectivity index (χ4v) is 1.38. The normalized spacial score (nSPS) is 22.8. The van der Waals surface area contributed by atoms with Gasteiger partial charge in [0.25, 0.3) is 0 Å². The second-order valence-electron chi connectivity index (χ2n) is 4.50. The van der Waals surface area contributed by atoms with Crippen molar-refractivity contribution in [2.75, 3.05) is 6.54 Å². The lowest BCUT2D eigenvalue weighted by Gasteiger charge is -2.36. The lowest BCUT2D eigenvalue weighted by Crippen LogP contribution is -2.40. The van der Waals surface area contributed by atoms with Crippen LogP contribution in [0.2, 0.25) is 0 Å². The zero-order valence-corrected chi connectivity index (χ0v) is 9.62. The van der Waals surface area contributed by atoms with Crippen molar-refractivity contribution in [3.63, 3.8) is 0 Å². The zero-order valence-electron chi connectivity index (χ0n) is 9.62. The lowest BCUT2D eigenvalue weighted by atomic mass is 10.1. The third-order valence-electron chi connectivity index (χ3n) is 2.72. The van der Waals surface area contributed by atoms with Gasteiger partial charge in [-0.25, -0.2) is 9.86 Å². The van der Waals surface area contributed by atoms with Gasteiger partial charge in [-0.1, -0.05) is 6.92 Å². The fourth-order valence-electron chi connectivity index (χ4n) is 1.38. The van der Waals surface area contributed by atoms with E-state index in [9.17, 15) is 9.90 Å². The van der Waals surface area contributed by atoms with Crippen LogP contribution >= 0.6 is 0 Å². The highest BCUT2D eigenvalue weighted by Crippen LogP contribution is 2.24. The second-order valence-corrected chi connectivity index (χ2v) is 4.50. The Kier molecular flexibility index (Phi) is 3.91. The van der Waals surface area contributed by atoms with Crippen molar-refractivity contribution < 1.29 is 14.7 Å². The van der Waals surface area contributed by atoms with Crippen LogP contribution in [-0.4, -0.2) is 34.4 Å².